The maximum absolute atomic E-state index is 12.6. The van der Waals surface area contributed by atoms with E-state index in [1.807, 2.05) is 24.3 Å². The molecule has 1 aromatic heterocycles. The average molecular weight is 345 g/mol. The molecule has 3 rings (SSSR count). The Kier molecular flexibility index (Phi) is 5.45. The second-order valence-corrected chi connectivity index (χ2v) is 8.02. The summed E-state index contributed by atoms with van der Waals surface area (Å²) in [5, 5.41) is 3.39. The Morgan fingerprint density at radius 2 is 2.08 bits per heavy atom. The van der Waals surface area contributed by atoms with E-state index >= 15 is 0 Å². The lowest BCUT2D eigenvalue weighted by Gasteiger charge is -2.21. The molecular formula is C18H23N3O2S. The van der Waals surface area contributed by atoms with Gasteiger partial charge in [-0.05, 0) is 30.5 Å². The van der Waals surface area contributed by atoms with Crippen molar-refractivity contribution in [2.24, 2.45) is 7.05 Å². The van der Waals surface area contributed by atoms with Crippen LogP contribution in [0.3, 0.4) is 0 Å². The maximum atomic E-state index is 12.6. The Labute approximate surface area is 144 Å². The third-order valence-corrected chi connectivity index (χ3v) is 6.27. The van der Waals surface area contributed by atoms with Crippen LogP contribution in [0.5, 0.6) is 0 Å². The standard InChI is InChI=1S/C18H23N3O2S/c1-21-11-10-19-17(18(21)22)20-15-7-5-6-14(12-15)13-24(23)16-8-3-2-4-9-16/h5-7,10-12,16H,2-4,8-9,13H2,1H3,(H,19,20)/t24-/m1/s1. The van der Waals surface area contributed by atoms with E-state index in [9.17, 15) is 9.00 Å². The number of hydrogen-bond donors (Lipinski definition) is 1. The summed E-state index contributed by atoms with van der Waals surface area (Å²) in [6, 6.07) is 7.75. The Morgan fingerprint density at radius 1 is 1.29 bits per heavy atom. The van der Waals surface area contributed by atoms with Gasteiger partial charge < -0.3 is 9.88 Å². The molecule has 0 spiro atoms. The lowest BCUT2D eigenvalue weighted by Crippen LogP contribution is -2.20. The van der Waals surface area contributed by atoms with Gasteiger partial charge in [0.05, 0.1) is 0 Å². The van der Waals surface area contributed by atoms with Crippen LogP contribution in [-0.2, 0) is 23.6 Å². The van der Waals surface area contributed by atoms with E-state index in [0.717, 1.165) is 24.1 Å². The first-order valence-corrected chi connectivity index (χ1v) is 9.76. The zero-order chi connectivity index (χ0) is 16.9. The van der Waals surface area contributed by atoms with E-state index in [2.05, 4.69) is 10.3 Å². The molecule has 1 aliphatic rings. The third-order valence-electron chi connectivity index (χ3n) is 4.44. The highest BCUT2D eigenvalue weighted by atomic mass is 32.2. The molecule has 1 heterocycles. The van der Waals surface area contributed by atoms with Crippen LogP contribution in [0.1, 0.15) is 37.7 Å². The smallest absolute Gasteiger partial charge is 0.293 e. The van der Waals surface area contributed by atoms with Gasteiger partial charge in [-0.1, -0.05) is 31.4 Å². The Hall–Kier alpha value is -1.95. The fourth-order valence-electron chi connectivity index (χ4n) is 3.07. The molecular weight excluding hydrogens is 322 g/mol. The van der Waals surface area contributed by atoms with E-state index < -0.39 is 10.8 Å². The minimum Gasteiger partial charge on any atom is -0.336 e. The van der Waals surface area contributed by atoms with Gasteiger partial charge in [0.2, 0.25) is 0 Å². The first-order chi connectivity index (χ1) is 11.6. The first kappa shape index (κ1) is 16.9. The van der Waals surface area contributed by atoms with Crippen LogP contribution in [0.15, 0.2) is 41.5 Å². The second kappa shape index (κ2) is 7.75. The Balaban J connectivity index is 1.71. The summed E-state index contributed by atoms with van der Waals surface area (Å²) in [7, 11) is 0.864. The number of anilines is 2. The number of nitrogens with one attached hydrogen (secondary N) is 1. The van der Waals surface area contributed by atoms with E-state index in [-0.39, 0.29) is 5.56 Å². The Morgan fingerprint density at radius 3 is 2.88 bits per heavy atom. The van der Waals surface area contributed by atoms with Gasteiger partial charge in [0.25, 0.3) is 5.56 Å². The quantitative estimate of drug-likeness (QED) is 0.904. The van der Waals surface area contributed by atoms with Crippen molar-refractivity contribution in [3.8, 4) is 0 Å². The molecule has 1 atom stereocenters. The van der Waals surface area contributed by atoms with Gasteiger partial charge in [0.1, 0.15) is 0 Å². The average Bonchev–Trinajstić information content (AvgIpc) is 2.60. The van der Waals surface area contributed by atoms with Crippen LogP contribution in [0.2, 0.25) is 0 Å². The van der Waals surface area contributed by atoms with Crippen molar-refractivity contribution in [1.29, 1.82) is 0 Å². The van der Waals surface area contributed by atoms with Crippen molar-refractivity contribution in [3.63, 3.8) is 0 Å². The van der Waals surface area contributed by atoms with Gasteiger partial charge in [0.15, 0.2) is 5.82 Å². The fourth-order valence-corrected chi connectivity index (χ4v) is 4.67. The minimum atomic E-state index is -0.829. The highest BCUT2D eigenvalue weighted by Gasteiger charge is 2.19. The predicted octanol–water partition coefficient (Wildman–Crippen LogP) is 3.11. The van der Waals surface area contributed by atoms with Crippen LogP contribution in [0.25, 0.3) is 0 Å². The second-order valence-electron chi connectivity index (χ2n) is 6.30. The first-order valence-electron chi connectivity index (χ1n) is 8.38. The molecule has 1 saturated carbocycles. The van der Waals surface area contributed by atoms with E-state index in [0.29, 0.717) is 16.8 Å². The van der Waals surface area contributed by atoms with E-state index in [1.165, 1.54) is 23.8 Å². The predicted molar refractivity (Wildman–Crippen MR) is 97.9 cm³/mol. The molecule has 0 bridgehead atoms. The topological polar surface area (TPSA) is 64.0 Å². The normalized spacial score (nSPS) is 16.7. The summed E-state index contributed by atoms with van der Waals surface area (Å²) < 4.78 is 14.0. The largest absolute Gasteiger partial charge is 0.336 e. The molecule has 24 heavy (non-hydrogen) atoms. The molecule has 0 aliphatic heterocycles. The molecule has 128 valence electrons. The molecule has 6 heteroatoms. The van der Waals surface area contributed by atoms with Crippen LogP contribution >= 0.6 is 0 Å². The summed E-state index contributed by atoms with van der Waals surface area (Å²) in [4.78, 5) is 16.1. The summed E-state index contributed by atoms with van der Waals surface area (Å²) >= 11 is 0. The van der Waals surface area contributed by atoms with Crippen molar-refractivity contribution in [2.75, 3.05) is 5.32 Å². The molecule has 0 radical (unpaired) electrons. The van der Waals surface area contributed by atoms with Crippen LogP contribution < -0.4 is 10.9 Å². The van der Waals surface area contributed by atoms with Gasteiger partial charge in [-0.15, -0.1) is 0 Å². The van der Waals surface area contributed by atoms with Crippen LogP contribution in [-0.4, -0.2) is 19.0 Å². The third kappa shape index (κ3) is 4.12. The summed E-state index contributed by atoms with van der Waals surface area (Å²) in [6.45, 7) is 0. The fraction of sp³-hybridized carbons (Fsp3) is 0.444. The van der Waals surface area contributed by atoms with Crippen molar-refractivity contribution >= 4 is 22.3 Å². The minimum absolute atomic E-state index is 0.173. The van der Waals surface area contributed by atoms with Gasteiger partial charge >= 0.3 is 0 Å². The molecule has 1 fully saturated rings. The summed E-state index contributed by atoms with van der Waals surface area (Å²) in [6.07, 6.45) is 9.03. The van der Waals surface area contributed by atoms with Crippen molar-refractivity contribution < 1.29 is 4.21 Å². The lowest BCUT2D eigenvalue weighted by atomic mass is 10.0. The van der Waals surface area contributed by atoms with E-state index in [4.69, 9.17) is 0 Å². The van der Waals surface area contributed by atoms with Crippen LogP contribution in [0.4, 0.5) is 11.5 Å². The Bertz CT molecular complexity index is 782. The molecule has 1 aromatic carbocycles. The number of aromatic nitrogens is 2. The van der Waals surface area contributed by atoms with Gasteiger partial charge in [0, 0.05) is 46.9 Å². The number of aryl methyl sites for hydroxylation is 1. The highest BCUT2D eigenvalue weighted by molar-refractivity contribution is 7.84. The zero-order valence-corrected chi connectivity index (χ0v) is 14.7. The van der Waals surface area contributed by atoms with Gasteiger partial charge in [-0.3, -0.25) is 9.00 Å². The summed E-state index contributed by atoms with van der Waals surface area (Å²) in [5.41, 5.74) is 1.65. The number of rotatable bonds is 5. The lowest BCUT2D eigenvalue weighted by molar-refractivity contribution is 0.504. The van der Waals surface area contributed by atoms with E-state index in [1.54, 1.807) is 19.4 Å². The van der Waals surface area contributed by atoms with Gasteiger partial charge in [-0.2, -0.15) is 0 Å². The number of hydrogen-bond acceptors (Lipinski definition) is 4. The molecule has 0 amide bonds. The van der Waals surface area contributed by atoms with Crippen molar-refractivity contribution in [1.82, 2.24) is 9.55 Å². The van der Waals surface area contributed by atoms with Crippen molar-refractivity contribution in [2.45, 2.75) is 43.1 Å². The maximum Gasteiger partial charge on any atom is 0.293 e. The SMILES string of the molecule is Cn1ccnc(Nc2cccc(C[S@@](=O)C3CCCCC3)c2)c1=O. The molecule has 0 unspecified atom stereocenters. The number of benzene rings is 1. The van der Waals surface area contributed by atoms with Gasteiger partial charge in [-0.25, -0.2) is 4.98 Å². The molecule has 5 nitrogen and oxygen atoms in total. The molecule has 2 aromatic rings. The number of nitrogens with zero attached hydrogens (tertiary/aromatic N) is 2. The van der Waals surface area contributed by atoms with Crippen molar-refractivity contribution in [3.05, 3.63) is 52.6 Å². The molecule has 1 N–H and O–H groups in total. The summed E-state index contributed by atoms with van der Waals surface area (Å²) in [5.74, 6) is 0.867. The molecule has 0 saturated heterocycles. The zero-order valence-electron chi connectivity index (χ0n) is 13.9. The monoisotopic (exact) mass is 345 g/mol. The van der Waals surface area contributed by atoms with Crippen LogP contribution in [0, 0.1) is 0 Å². The molecule has 1 aliphatic carbocycles. The highest BCUT2D eigenvalue weighted by Crippen LogP contribution is 2.24.